The molecule has 0 aliphatic carbocycles. The predicted octanol–water partition coefficient (Wildman–Crippen LogP) is 5.93. The molecule has 32 heavy (non-hydrogen) atoms. The van der Waals surface area contributed by atoms with Gasteiger partial charge in [-0.05, 0) is 51.2 Å². The number of fused-ring (bicyclic) bond motifs is 1. The number of carbonyl (C=O) groups is 1. The average Bonchev–Trinajstić information content (AvgIpc) is 3.15. The van der Waals surface area contributed by atoms with Gasteiger partial charge in [-0.25, -0.2) is 4.68 Å². The molecule has 0 saturated heterocycles. The molecule has 0 radical (unpaired) electrons. The molecule has 4 rings (SSSR count). The molecular formula is C27H34N4O. The third-order valence-corrected chi connectivity index (χ3v) is 6.96. The number of anilines is 1. The normalized spacial score (nSPS) is 17.3. The molecule has 2 aromatic carbocycles. The average molecular weight is 431 g/mol. The lowest BCUT2D eigenvalue weighted by Gasteiger charge is -2.38. The highest BCUT2D eigenvalue weighted by atomic mass is 16.2. The number of amides is 1. The highest BCUT2D eigenvalue weighted by Gasteiger charge is 2.39. The number of carbonyl (C=O) groups excluding carboxylic acids is 1. The second-order valence-electron chi connectivity index (χ2n) is 9.45. The van der Waals surface area contributed by atoms with Crippen molar-refractivity contribution in [1.29, 1.82) is 0 Å². The molecule has 0 fully saturated rings. The van der Waals surface area contributed by atoms with Crippen LogP contribution in [0.4, 0.5) is 5.82 Å². The fourth-order valence-corrected chi connectivity index (χ4v) is 5.00. The third kappa shape index (κ3) is 3.81. The number of rotatable bonds is 6. The van der Waals surface area contributed by atoms with Crippen LogP contribution in [0.25, 0.3) is 0 Å². The van der Waals surface area contributed by atoms with Crippen LogP contribution < -0.4 is 10.6 Å². The number of hydrogen-bond acceptors (Lipinski definition) is 3. The van der Waals surface area contributed by atoms with E-state index in [-0.39, 0.29) is 17.5 Å². The van der Waals surface area contributed by atoms with Gasteiger partial charge in [-0.2, -0.15) is 5.10 Å². The van der Waals surface area contributed by atoms with Gasteiger partial charge < -0.3 is 10.6 Å². The lowest BCUT2D eigenvalue weighted by atomic mass is 9.84. The summed E-state index contributed by atoms with van der Waals surface area (Å²) in [4.78, 5) is 13.8. The molecule has 1 atom stereocenters. The summed E-state index contributed by atoms with van der Waals surface area (Å²) in [6.07, 6.45) is 2.52. The Hall–Kier alpha value is -3.08. The van der Waals surface area contributed by atoms with Crippen molar-refractivity contribution in [1.82, 2.24) is 15.1 Å². The highest BCUT2D eigenvalue weighted by molar-refractivity contribution is 6.00. The van der Waals surface area contributed by atoms with Gasteiger partial charge in [0.15, 0.2) is 0 Å². The molecule has 1 aromatic heterocycles. The monoisotopic (exact) mass is 430 g/mol. The zero-order chi connectivity index (χ0) is 22.9. The van der Waals surface area contributed by atoms with Crippen LogP contribution in [0.1, 0.15) is 80.2 Å². The van der Waals surface area contributed by atoms with Crippen molar-refractivity contribution in [3.8, 4) is 0 Å². The van der Waals surface area contributed by atoms with Gasteiger partial charge in [0.25, 0.3) is 5.91 Å². The van der Waals surface area contributed by atoms with Gasteiger partial charge in [0, 0.05) is 0 Å². The van der Waals surface area contributed by atoms with E-state index in [1.807, 2.05) is 35.9 Å². The zero-order valence-corrected chi connectivity index (χ0v) is 19.8. The quantitative estimate of drug-likeness (QED) is 0.510. The zero-order valence-electron chi connectivity index (χ0n) is 19.8. The van der Waals surface area contributed by atoms with Gasteiger partial charge in [0.2, 0.25) is 0 Å². The molecule has 0 bridgehead atoms. The predicted molar refractivity (Wildman–Crippen MR) is 130 cm³/mol. The maximum absolute atomic E-state index is 13.8. The molecule has 3 aromatic rings. The van der Waals surface area contributed by atoms with E-state index in [0.29, 0.717) is 5.56 Å². The van der Waals surface area contributed by atoms with Crippen LogP contribution in [0.3, 0.4) is 0 Å². The fourth-order valence-electron chi connectivity index (χ4n) is 5.00. The Bertz CT molecular complexity index is 1080. The van der Waals surface area contributed by atoms with E-state index in [1.54, 1.807) is 0 Å². The maximum atomic E-state index is 13.8. The minimum absolute atomic E-state index is 0.0756. The summed E-state index contributed by atoms with van der Waals surface area (Å²) in [5.74, 6) is 0.729. The first-order chi connectivity index (χ1) is 15.3. The SMILES string of the molecule is CCC(CC)(NC(=O)c1c(C)nn2c1N[C@H](c1ccccc1)CC2(C)C)c1ccccc1. The van der Waals surface area contributed by atoms with Crippen molar-refractivity contribution >= 4 is 11.7 Å². The molecular weight excluding hydrogens is 396 g/mol. The Balaban J connectivity index is 1.73. The summed E-state index contributed by atoms with van der Waals surface area (Å²) in [6.45, 7) is 10.6. The Labute approximate surface area is 191 Å². The van der Waals surface area contributed by atoms with E-state index in [0.717, 1.165) is 36.3 Å². The van der Waals surface area contributed by atoms with Gasteiger partial charge in [-0.3, -0.25) is 4.79 Å². The van der Waals surface area contributed by atoms with Crippen LogP contribution in [-0.4, -0.2) is 15.7 Å². The summed E-state index contributed by atoms with van der Waals surface area (Å²) >= 11 is 0. The minimum Gasteiger partial charge on any atom is -0.363 e. The van der Waals surface area contributed by atoms with E-state index < -0.39 is 5.54 Å². The van der Waals surface area contributed by atoms with Gasteiger partial charge in [-0.15, -0.1) is 0 Å². The Morgan fingerprint density at radius 1 is 1.09 bits per heavy atom. The van der Waals surface area contributed by atoms with Gasteiger partial charge >= 0.3 is 0 Å². The molecule has 1 aliphatic heterocycles. The first-order valence-electron chi connectivity index (χ1n) is 11.6. The summed E-state index contributed by atoms with van der Waals surface area (Å²) in [5, 5.41) is 11.8. The second-order valence-corrected chi connectivity index (χ2v) is 9.45. The van der Waals surface area contributed by atoms with Gasteiger partial charge in [0.05, 0.1) is 22.8 Å². The van der Waals surface area contributed by atoms with Crippen LogP contribution in [-0.2, 0) is 11.1 Å². The number of aromatic nitrogens is 2. The van der Waals surface area contributed by atoms with Crippen molar-refractivity contribution in [3.63, 3.8) is 0 Å². The van der Waals surface area contributed by atoms with E-state index in [9.17, 15) is 4.79 Å². The van der Waals surface area contributed by atoms with E-state index >= 15 is 0 Å². The van der Waals surface area contributed by atoms with Crippen molar-refractivity contribution in [2.75, 3.05) is 5.32 Å². The number of nitrogens with zero attached hydrogens (tertiary/aromatic N) is 2. The van der Waals surface area contributed by atoms with Gasteiger partial charge in [0.1, 0.15) is 11.4 Å². The number of aryl methyl sites for hydroxylation is 1. The largest absolute Gasteiger partial charge is 0.363 e. The molecule has 1 amide bonds. The lowest BCUT2D eigenvalue weighted by Crippen LogP contribution is -2.45. The number of benzene rings is 2. The minimum atomic E-state index is -0.414. The van der Waals surface area contributed by atoms with Crippen molar-refractivity contribution < 1.29 is 4.79 Å². The molecule has 0 saturated carbocycles. The van der Waals surface area contributed by atoms with Crippen LogP contribution in [0.15, 0.2) is 60.7 Å². The highest BCUT2D eigenvalue weighted by Crippen LogP contribution is 2.41. The summed E-state index contributed by atoms with van der Waals surface area (Å²) in [6, 6.07) is 20.8. The topological polar surface area (TPSA) is 59.0 Å². The van der Waals surface area contributed by atoms with E-state index in [1.165, 1.54) is 5.56 Å². The first-order valence-corrected chi connectivity index (χ1v) is 11.6. The molecule has 168 valence electrons. The van der Waals surface area contributed by atoms with Gasteiger partial charge in [-0.1, -0.05) is 74.5 Å². The van der Waals surface area contributed by atoms with Crippen LogP contribution in [0.5, 0.6) is 0 Å². The maximum Gasteiger partial charge on any atom is 0.257 e. The van der Waals surface area contributed by atoms with Crippen molar-refractivity contribution in [2.24, 2.45) is 0 Å². The number of nitrogens with one attached hydrogen (secondary N) is 2. The third-order valence-electron chi connectivity index (χ3n) is 6.96. The van der Waals surface area contributed by atoms with E-state index in [2.05, 4.69) is 74.7 Å². The van der Waals surface area contributed by atoms with Crippen LogP contribution in [0, 0.1) is 6.92 Å². The molecule has 0 unspecified atom stereocenters. The molecule has 5 nitrogen and oxygen atoms in total. The van der Waals surface area contributed by atoms with Crippen LogP contribution in [0.2, 0.25) is 0 Å². The van der Waals surface area contributed by atoms with E-state index in [4.69, 9.17) is 5.10 Å². The molecule has 5 heteroatoms. The lowest BCUT2D eigenvalue weighted by molar-refractivity contribution is 0.0889. The van der Waals surface area contributed by atoms with Crippen LogP contribution >= 0.6 is 0 Å². The smallest absolute Gasteiger partial charge is 0.257 e. The Morgan fingerprint density at radius 2 is 1.69 bits per heavy atom. The number of hydrogen-bond donors (Lipinski definition) is 2. The van der Waals surface area contributed by atoms with Crippen molar-refractivity contribution in [2.45, 2.75) is 71.0 Å². The Kier molecular flexibility index (Phi) is 5.85. The summed E-state index contributed by atoms with van der Waals surface area (Å²) < 4.78 is 2.00. The summed E-state index contributed by atoms with van der Waals surface area (Å²) in [5.41, 5.74) is 3.12. The summed E-state index contributed by atoms with van der Waals surface area (Å²) in [7, 11) is 0. The fraction of sp³-hybridized carbons (Fsp3) is 0.407. The first kappa shape index (κ1) is 22.1. The molecule has 2 N–H and O–H groups in total. The standard InChI is InChI=1S/C27H34N4O/c1-6-27(7-2,21-16-12-9-13-17-21)29-25(32)23-19(3)30-31-24(23)28-22(18-26(31,4)5)20-14-10-8-11-15-20/h8-17,22,28H,6-7,18H2,1-5H3,(H,29,32)/t22-/m0/s1. The Morgan fingerprint density at radius 3 is 2.28 bits per heavy atom. The molecule has 0 spiro atoms. The van der Waals surface area contributed by atoms with Crippen molar-refractivity contribution in [3.05, 3.63) is 83.0 Å². The molecule has 1 aliphatic rings. The molecule has 2 heterocycles. The second kappa shape index (κ2) is 8.45.